The van der Waals surface area contributed by atoms with E-state index in [1.165, 1.54) is 12.1 Å². The molecule has 1 unspecified atom stereocenters. The molecule has 3 N–H and O–H groups in total. The first-order valence-electron chi connectivity index (χ1n) is 7.35. The zero-order valence-electron chi connectivity index (χ0n) is 12.4. The number of rotatable bonds is 6. The SMILES string of the molecule is CCNC(CN1CCN(c2ccc(F)cc2)CC1)C(N)=O. The van der Waals surface area contributed by atoms with Gasteiger partial charge in [-0.1, -0.05) is 6.92 Å². The predicted molar refractivity (Wildman–Crippen MR) is 81.7 cm³/mol. The summed E-state index contributed by atoms with van der Waals surface area (Å²) in [6.45, 7) is 6.79. The molecule has 1 saturated heterocycles. The van der Waals surface area contributed by atoms with Gasteiger partial charge in [0.15, 0.2) is 0 Å². The lowest BCUT2D eigenvalue weighted by atomic mass is 10.2. The van der Waals surface area contributed by atoms with Gasteiger partial charge in [-0.3, -0.25) is 9.69 Å². The molecule has 0 saturated carbocycles. The van der Waals surface area contributed by atoms with Gasteiger partial charge in [0.25, 0.3) is 0 Å². The molecule has 5 nitrogen and oxygen atoms in total. The molecule has 1 aromatic carbocycles. The van der Waals surface area contributed by atoms with Gasteiger partial charge in [-0.25, -0.2) is 4.39 Å². The predicted octanol–water partition coefficient (Wildman–Crippen LogP) is 0.411. The van der Waals surface area contributed by atoms with Gasteiger partial charge in [-0.15, -0.1) is 0 Å². The van der Waals surface area contributed by atoms with Crippen LogP contribution in [0.2, 0.25) is 0 Å². The van der Waals surface area contributed by atoms with E-state index in [0.717, 1.165) is 38.4 Å². The van der Waals surface area contributed by atoms with E-state index in [4.69, 9.17) is 5.73 Å². The molecule has 6 heteroatoms. The number of halogens is 1. The highest BCUT2D eigenvalue weighted by Crippen LogP contribution is 2.16. The average Bonchev–Trinajstić information content (AvgIpc) is 2.48. The molecule has 0 aromatic heterocycles. The molecule has 1 aromatic rings. The number of likely N-dealkylation sites (N-methyl/N-ethyl adjacent to an activating group) is 1. The number of piperazine rings is 1. The maximum atomic E-state index is 12.9. The Morgan fingerprint density at radius 2 is 1.90 bits per heavy atom. The number of nitrogens with one attached hydrogen (secondary N) is 1. The van der Waals surface area contributed by atoms with Gasteiger partial charge in [0.05, 0.1) is 6.04 Å². The van der Waals surface area contributed by atoms with Crippen molar-refractivity contribution in [1.29, 1.82) is 0 Å². The molecule has 1 aliphatic heterocycles. The number of anilines is 1. The van der Waals surface area contributed by atoms with Crippen LogP contribution in [0.4, 0.5) is 10.1 Å². The van der Waals surface area contributed by atoms with Crippen LogP contribution < -0.4 is 16.0 Å². The highest BCUT2D eigenvalue weighted by atomic mass is 19.1. The molecule has 1 atom stereocenters. The molecule has 21 heavy (non-hydrogen) atoms. The Morgan fingerprint density at radius 3 is 2.43 bits per heavy atom. The van der Waals surface area contributed by atoms with Gasteiger partial charge < -0.3 is 16.0 Å². The maximum Gasteiger partial charge on any atom is 0.235 e. The second kappa shape index (κ2) is 7.38. The van der Waals surface area contributed by atoms with E-state index in [2.05, 4.69) is 15.1 Å². The second-order valence-corrected chi connectivity index (χ2v) is 5.28. The Bertz CT molecular complexity index is 457. The quantitative estimate of drug-likeness (QED) is 0.798. The van der Waals surface area contributed by atoms with Crippen molar-refractivity contribution < 1.29 is 9.18 Å². The summed E-state index contributed by atoms with van der Waals surface area (Å²) < 4.78 is 12.9. The fourth-order valence-electron chi connectivity index (χ4n) is 2.60. The van der Waals surface area contributed by atoms with Gasteiger partial charge in [-0.05, 0) is 30.8 Å². The molecular weight excluding hydrogens is 271 g/mol. The van der Waals surface area contributed by atoms with Gasteiger partial charge in [0.1, 0.15) is 5.82 Å². The number of hydrogen-bond acceptors (Lipinski definition) is 4. The number of carbonyl (C=O) groups is 1. The van der Waals surface area contributed by atoms with E-state index in [0.29, 0.717) is 6.54 Å². The third kappa shape index (κ3) is 4.41. The van der Waals surface area contributed by atoms with Crippen LogP contribution in [-0.2, 0) is 4.79 Å². The number of carbonyl (C=O) groups excluding carboxylic acids is 1. The minimum atomic E-state index is -0.308. The molecule has 1 heterocycles. The summed E-state index contributed by atoms with van der Waals surface area (Å²) in [7, 11) is 0. The van der Waals surface area contributed by atoms with Crippen molar-refractivity contribution in [3.63, 3.8) is 0 Å². The minimum Gasteiger partial charge on any atom is -0.369 e. The van der Waals surface area contributed by atoms with Crippen LogP contribution in [0.15, 0.2) is 24.3 Å². The molecule has 0 bridgehead atoms. The number of hydrogen-bond donors (Lipinski definition) is 2. The van der Waals surface area contributed by atoms with Crippen molar-refractivity contribution in [3.05, 3.63) is 30.1 Å². The van der Waals surface area contributed by atoms with Crippen molar-refractivity contribution >= 4 is 11.6 Å². The number of amides is 1. The monoisotopic (exact) mass is 294 g/mol. The molecule has 1 aliphatic rings. The zero-order chi connectivity index (χ0) is 15.2. The Labute approximate surface area is 124 Å². The summed E-state index contributed by atoms with van der Waals surface area (Å²) in [5.41, 5.74) is 6.43. The first kappa shape index (κ1) is 15.7. The lowest BCUT2D eigenvalue weighted by Gasteiger charge is -2.37. The van der Waals surface area contributed by atoms with E-state index in [1.54, 1.807) is 12.1 Å². The number of nitrogens with zero attached hydrogens (tertiary/aromatic N) is 2. The Morgan fingerprint density at radius 1 is 1.29 bits per heavy atom. The van der Waals surface area contributed by atoms with Crippen molar-refractivity contribution in [2.75, 3.05) is 44.2 Å². The summed E-state index contributed by atoms with van der Waals surface area (Å²) >= 11 is 0. The zero-order valence-corrected chi connectivity index (χ0v) is 12.4. The van der Waals surface area contributed by atoms with Gasteiger partial charge in [-0.2, -0.15) is 0 Å². The van der Waals surface area contributed by atoms with Crippen LogP contribution >= 0.6 is 0 Å². The molecule has 2 rings (SSSR count). The smallest absolute Gasteiger partial charge is 0.235 e. The normalized spacial score (nSPS) is 17.7. The van der Waals surface area contributed by atoms with Crippen molar-refractivity contribution in [3.8, 4) is 0 Å². The van der Waals surface area contributed by atoms with Crippen LogP contribution in [0.25, 0.3) is 0 Å². The fourth-order valence-corrected chi connectivity index (χ4v) is 2.60. The van der Waals surface area contributed by atoms with Gasteiger partial charge in [0, 0.05) is 38.4 Å². The largest absolute Gasteiger partial charge is 0.369 e. The van der Waals surface area contributed by atoms with E-state index >= 15 is 0 Å². The maximum absolute atomic E-state index is 12.9. The third-order valence-electron chi connectivity index (χ3n) is 3.80. The minimum absolute atomic E-state index is 0.215. The average molecular weight is 294 g/mol. The first-order chi connectivity index (χ1) is 10.1. The Kier molecular flexibility index (Phi) is 5.52. The Hall–Kier alpha value is -1.66. The van der Waals surface area contributed by atoms with Gasteiger partial charge in [0.2, 0.25) is 5.91 Å². The lowest BCUT2D eigenvalue weighted by molar-refractivity contribution is -0.120. The second-order valence-electron chi connectivity index (χ2n) is 5.28. The molecule has 1 amide bonds. The van der Waals surface area contributed by atoms with Crippen LogP contribution in [0, 0.1) is 5.82 Å². The van der Waals surface area contributed by atoms with Crippen LogP contribution in [0.1, 0.15) is 6.92 Å². The summed E-state index contributed by atoms with van der Waals surface area (Å²) in [5, 5.41) is 3.11. The lowest BCUT2D eigenvalue weighted by Crippen LogP contribution is -2.54. The topological polar surface area (TPSA) is 61.6 Å². The third-order valence-corrected chi connectivity index (χ3v) is 3.80. The van der Waals surface area contributed by atoms with E-state index in [-0.39, 0.29) is 17.8 Å². The van der Waals surface area contributed by atoms with E-state index in [9.17, 15) is 9.18 Å². The van der Waals surface area contributed by atoms with E-state index < -0.39 is 0 Å². The highest BCUT2D eigenvalue weighted by Gasteiger charge is 2.22. The Balaban J connectivity index is 1.85. The molecule has 0 spiro atoms. The standard InChI is InChI=1S/C15H23FN4O/c1-2-18-14(15(17)21)11-19-7-9-20(10-8-19)13-5-3-12(16)4-6-13/h3-6,14,18H,2,7-11H2,1H3,(H2,17,21). The summed E-state index contributed by atoms with van der Waals surface area (Å²) in [5.74, 6) is -0.523. The summed E-state index contributed by atoms with van der Waals surface area (Å²) in [6, 6.07) is 6.27. The number of primary amides is 1. The molecule has 0 radical (unpaired) electrons. The summed E-state index contributed by atoms with van der Waals surface area (Å²) in [6.07, 6.45) is 0. The van der Waals surface area contributed by atoms with E-state index in [1.807, 2.05) is 6.92 Å². The number of nitrogens with two attached hydrogens (primary N) is 1. The van der Waals surface area contributed by atoms with Crippen LogP contribution in [-0.4, -0.2) is 56.1 Å². The van der Waals surface area contributed by atoms with Gasteiger partial charge >= 0.3 is 0 Å². The van der Waals surface area contributed by atoms with Crippen LogP contribution in [0.5, 0.6) is 0 Å². The van der Waals surface area contributed by atoms with Crippen molar-refractivity contribution in [2.45, 2.75) is 13.0 Å². The molecule has 1 fully saturated rings. The van der Waals surface area contributed by atoms with Crippen LogP contribution in [0.3, 0.4) is 0 Å². The summed E-state index contributed by atoms with van der Waals surface area (Å²) in [4.78, 5) is 15.8. The van der Waals surface area contributed by atoms with Crippen molar-refractivity contribution in [2.24, 2.45) is 5.73 Å². The molecule has 116 valence electrons. The molecule has 0 aliphatic carbocycles. The highest BCUT2D eigenvalue weighted by molar-refractivity contribution is 5.80. The first-order valence-corrected chi connectivity index (χ1v) is 7.35. The number of benzene rings is 1. The van der Waals surface area contributed by atoms with Crippen molar-refractivity contribution in [1.82, 2.24) is 10.2 Å². The molecular formula is C15H23FN4O. The fraction of sp³-hybridized carbons (Fsp3) is 0.533.